The van der Waals surface area contributed by atoms with Crippen molar-refractivity contribution in [3.63, 3.8) is 0 Å². The van der Waals surface area contributed by atoms with Crippen molar-refractivity contribution in [3.8, 4) is 11.5 Å². The van der Waals surface area contributed by atoms with Crippen LogP contribution in [0.15, 0.2) is 30.4 Å². The number of aromatic hydroxyl groups is 2. The van der Waals surface area contributed by atoms with Crippen LogP contribution in [0.25, 0.3) is 0 Å². The van der Waals surface area contributed by atoms with E-state index in [1.807, 2.05) is 13.8 Å². The first-order valence-corrected chi connectivity index (χ1v) is 5.98. The number of ether oxygens (including phenoxy) is 1. The lowest BCUT2D eigenvalue weighted by atomic mass is 10.1. The van der Waals surface area contributed by atoms with Gasteiger partial charge in [0.2, 0.25) is 0 Å². The molecular weight excluding hydrogens is 230 g/mol. The summed E-state index contributed by atoms with van der Waals surface area (Å²) in [6, 6.07) is 4.45. The molecule has 1 atom stereocenters. The summed E-state index contributed by atoms with van der Waals surface area (Å²) >= 11 is 0. The van der Waals surface area contributed by atoms with Gasteiger partial charge in [0.1, 0.15) is 11.5 Å². The maximum absolute atomic E-state index is 9.69. The van der Waals surface area contributed by atoms with Gasteiger partial charge in [-0.1, -0.05) is 12.2 Å². The molecule has 3 N–H and O–H groups in total. The average molecular weight is 251 g/mol. The Morgan fingerprint density at radius 3 is 2.83 bits per heavy atom. The highest BCUT2D eigenvalue weighted by Crippen LogP contribution is 2.27. The van der Waals surface area contributed by atoms with Gasteiger partial charge in [-0.3, -0.25) is 0 Å². The molecule has 0 fully saturated rings. The molecule has 0 aliphatic rings. The fourth-order valence-electron chi connectivity index (χ4n) is 1.59. The normalized spacial score (nSPS) is 12.3. The van der Waals surface area contributed by atoms with E-state index in [2.05, 4.69) is 11.9 Å². The number of phenols is 2. The predicted molar refractivity (Wildman–Crippen MR) is 71.8 cm³/mol. The van der Waals surface area contributed by atoms with Crippen molar-refractivity contribution in [3.05, 3.63) is 35.9 Å². The van der Waals surface area contributed by atoms with E-state index in [4.69, 9.17) is 4.74 Å². The number of phenolic OH excluding ortho intramolecular Hbond substituents is 2. The van der Waals surface area contributed by atoms with Crippen LogP contribution in [-0.4, -0.2) is 30.0 Å². The molecule has 1 aromatic rings. The zero-order valence-electron chi connectivity index (χ0n) is 10.9. The van der Waals surface area contributed by atoms with Crippen molar-refractivity contribution in [2.45, 2.75) is 19.9 Å². The summed E-state index contributed by atoms with van der Waals surface area (Å²) in [5.74, 6) is 0.325. The van der Waals surface area contributed by atoms with Gasteiger partial charge in [0.25, 0.3) is 0 Å². The second kappa shape index (κ2) is 7.03. The van der Waals surface area contributed by atoms with Gasteiger partial charge in [-0.25, -0.2) is 0 Å². The lowest BCUT2D eigenvalue weighted by Gasteiger charge is -2.16. The lowest BCUT2D eigenvalue weighted by Crippen LogP contribution is -2.23. The third-order valence-electron chi connectivity index (χ3n) is 2.52. The van der Waals surface area contributed by atoms with Gasteiger partial charge in [0.15, 0.2) is 0 Å². The van der Waals surface area contributed by atoms with Crippen molar-refractivity contribution in [1.82, 2.24) is 5.32 Å². The fraction of sp³-hybridized carbons (Fsp3) is 0.429. The van der Waals surface area contributed by atoms with Gasteiger partial charge in [-0.15, -0.1) is 0 Å². The molecule has 1 aromatic carbocycles. The van der Waals surface area contributed by atoms with E-state index < -0.39 is 0 Å². The minimum Gasteiger partial charge on any atom is -0.508 e. The van der Waals surface area contributed by atoms with Crippen molar-refractivity contribution < 1.29 is 14.9 Å². The highest BCUT2D eigenvalue weighted by Gasteiger charge is 2.10. The number of hydrogen-bond donors (Lipinski definition) is 3. The van der Waals surface area contributed by atoms with E-state index in [9.17, 15) is 10.2 Å². The average Bonchev–Trinajstić information content (AvgIpc) is 2.31. The Hall–Kier alpha value is -1.52. The standard InChI is InChI=1S/C14H21NO3/c1-10(2)9-18-7-6-15-11(3)13-8-12(16)4-5-14(13)17/h4-5,8,11,15-17H,1,6-7,9H2,2-3H3. The summed E-state index contributed by atoms with van der Waals surface area (Å²) in [6.07, 6.45) is 0. The molecule has 1 rings (SSSR count). The van der Waals surface area contributed by atoms with Gasteiger partial charge in [0.05, 0.1) is 13.2 Å². The minimum atomic E-state index is -0.0504. The van der Waals surface area contributed by atoms with E-state index in [0.29, 0.717) is 25.3 Å². The fourth-order valence-corrected chi connectivity index (χ4v) is 1.59. The van der Waals surface area contributed by atoms with Gasteiger partial charge in [-0.2, -0.15) is 0 Å². The zero-order chi connectivity index (χ0) is 13.5. The molecule has 4 heteroatoms. The molecule has 4 nitrogen and oxygen atoms in total. The quantitative estimate of drug-likeness (QED) is 0.395. The number of nitrogens with one attached hydrogen (secondary N) is 1. The minimum absolute atomic E-state index is 0.0504. The van der Waals surface area contributed by atoms with Crippen LogP contribution in [0.5, 0.6) is 11.5 Å². The molecule has 0 aliphatic carbocycles. The first kappa shape index (κ1) is 14.5. The van der Waals surface area contributed by atoms with Crippen LogP contribution in [0.4, 0.5) is 0 Å². The van der Waals surface area contributed by atoms with E-state index >= 15 is 0 Å². The maximum Gasteiger partial charge on any atom is 0.120 e. The van der Waals surface area contributed by atoms with Crippen molar-refractivity contribution in [2.24, 2.45) is 0 Å². The Balaban J connectivity index is 2.38. The Bertz CT molecular complexity index is 404. The second-order valence-corrected chi connectivity index (χ2v) is 4.43. The second-order valence-electron chi connectivity index (χ2n) is 4.43. The highest BCUT2D eigenvalue weighted by molar-refractivity contribution is 5.40. The van der Waals surface area contributed by atoms with E-state index in [1.165, 1.54) is 12.1 Å². The molecule has 0 bridgehead atoms. The van der Waals surface area contributed by atoms with Crippen LogP contribution in [0, 0.1) is 0 Å². The first-order valence-electron chi connectivity index (χ1n) is 5.98. The number of benzene rings is 1. The predicted octanol–water partition coefficient (Wildman–Crippen LogP) is 2.34. The van der Waals surface area contributed by atoms with Gasteiger partial charge >= 0.3 is 0 Å². The monoisotopic (exact) mass is 251 g/mol. The third kappa shape index (κ3) is 4.77. The Morgan fingerprint density at radius 1 is 1.44 bits per heavy atom. The SMILES string of the molecule is C=C(C)COCCNC(C)c1cc(O)ccc1O. The van der Waals surface area contributed by atoms with Crippen LogP contribution in [0.3, 0.4) is 0 Å². The third-order valence-corrected chi connectivity index (χ3v) is 2.52. The van der Waals surface area contributed by atoms with Crippen molar-refractivity contribution >= 4 is 0 Å². The molecular formula is C14H21NO3. The van der Waals surface area contributed by atoms with Gasteiger partial charge in [0, 0.05) is 18.2 Å². The summed E-state index contributed by atoms with van der Waals surface area (Å²) in [4.78, 5) is 0. The number of hydrogen-bond acceptors (Lipinski definition) is 4. The summed E-state index contributed by atoms with van der Waals surface area (Å²) in [6.45, 7) is 9.41. The van der Waals surface area contributed by atoms with Crippen LogP contribution in [0.2, 0.25) is 0 Å². The first-order chi connectivity index (χ1) is 8.50. The number of rotatable bonds is 7. The Labute approximate surface area is 108 Å². The molecule has 100 valence electrons. The molecule has 0 aliphatic heterocycles. The molecule has 0 radical (unpaired) electrons. The zero-order valence-corrected chi connectivity index (χ0v) is 10.9. The molecule has 0 spiro atoms. The molecule has 0 saturated carbocycles. The van der Waals surface area contributed by atoms with Crippen LogP contribution in [0.1, 0.15) is 25.5 Å². The van der Waals surface area contributed by atoms with Crippen molar-refractivity contribution in [2.75, 3.05) is 19.8 Å². The van der Waals surface area contributed by atoms with Gasteiger partial charge in [-0.05, 0) is 32.0 Å². The molecule has 0 saturated heterocycles. The lowest BCUT2D eigenvalue weighted by molar-refractivity contribution is 0.155. The largest absolute Gasteiger partial charge is 0.508 e. The van der Waals surface area contributed by atoms with E-state index in [1.54, 1.807) is 6.07 Å². The Morgan fingerprint density at radius 2 is 2.17 bits per heavy atom. The van der Waals surface area contributed by atoms with E-state index in [-0.39, 0.29) is 17.5 Å². The summed E-state index contributed by atoms with van der Waals surface area (Å²) in [7, 11) is 0. The highest BCUT2D eigenvalue weighted by atomic mass is 16.5. The molecule has 18 heavy (non-hydrogen) atoms. The van der Waals surface area contributed by atoms with Crippen molar-refractivity contribution in [1.29, 1.82) is 0 Å². The summed E-state index contributed by atoms with van der Waals surface area (Å²) in [5, 5.41) is 22.3. The summed E-state index contributed by atoms with van der Waals surface area (Å²) < 4.78 is 5.36. The molecule has 0 aromatic heterocycles. The molecule has 1 unspecified atom stereocenters. The van der Waals surface area contributed by atoms with Crippen LogP contribution >= 0.6 is 0 Å². The maximum atomic E-state index is 9.69. The Kier molecular flexibility index (Phi) is 5.68. The van der Waals surface area contributed by atoms with Gasteiger partial charge < -0.3 is 20.3 Å². The molecule has 0 amide bonds. The topological polar surface area (TPSA) is 61.7 Å². The molecule has 0 heterocycles. The van der Waals surface area contributed by atoms with Crippen LogP contribution in [-0.2, 0) is 4.74 Å². The van der Waals surface area contributed by atoms with Crippen LogP contribution < -0.4 is 5.32 Å². The summed E-state index contributed by atoms with van der Waals surface area (Å²) in [5.41, 5.74) is 1.67. The smallest absolute Gasteiger partial charge is 0.120 e. The van der Waals surface area contributed by atoms with E-state index in [0.717, 1.165) is 5.57 Å².